The van der Waals surface area contributed by atoms with Crippen LogP contribution in [0.2, 0.25) is 0 Å². The van der Waals surface area contributed by atoms with E-state index in [-0.39, 0.29) is 6.10 Å². The van der Waals surface area contributed by atoms with Crippen LogP contribution in [0.25, 0.3) is 0 Å². The van der Waals surface area contributed by atoms with Crippen molar-refractivity contribution >= 4 is 11.3 Å². The first kappa shape index (κ1) is 9.22. The molecule has 1 saturated carbocycles. The first-order valence-electron chi connectivity index (χ1n) is 5.08. The minimum atomic E-state index is -0.202. The van der Waals surface area contributed by atoms with Gasteiger partial charge in [-0.05, 0) is 41.1 Å². The van der Waals surface area contributed by atoms with Gasteiger partial charge in [0, 0.05) is 0 Å². The predicted octanol–water partition coefficient (Wildman–Crippen LogP) is 3.36. The average molecular weight is 196 g/mol. The highest BCUT2D eigenvalue weighted by Gasteiger charge is 2.22. The van der Waals surface area contributed by atoms with Gasteiger partial charge in [-0.2, -0.15) is 11.3 Å². The molecule has 0 radical (unpaired) electrons. The lowest BCUT2D eigenvalue weighted by Gasteiger charge is -2.25. The van der Waals surface area contributed by atoms with E-state index in [2.05, 4.69) is 5.38 Å². The zero-order valence-corrected chi connectivity index (χ0v) is 8.59. The molecule has 0 aliphatic heterocycles. The summed E-state index contributed by atoms with van der Waals surface area (Å²) in [5.41, 5.74) is 1.12. The predicted molar refractivity (Wildman–Crippen MR) is 55.9 cm³/mol. The highest BCUT2D eigenvalue weighted by atomic mass is 32.1. The zero-order chi connectivity index (χ0) is 9.10. The van der Waals surface area contributed by atoms with Crippen LogP contribution in [-0.4, -0.2) is 5.11 Å². The lowest BCUT2D eigenvalue weighted by Crippen LogP contribution is -2.15. The van der Waals surface area contributed by atoms with E-state index >= 15 is 0 Å². The maximum Gasteiger partial charge on any atom is 0.0826 e. The van der Waals surface area contributed by atoms with Crippen molar-refractivity contribution < 1.29 is 5.11 Å². The number of rotatable bonds is 2. The Morgan fingerprint density at radius 3 is 2.69 bits per heavy atom. The highest BCUT2D eigenvalue weighted by Crippen LogP contribution is 2.34. The number of aliphatic hydroxyl groups is 1. The fourth-order valence-corrected chi connectivity index (χ4v) is 2.85. The topological polar surface area (TPSA) is 20.2 Å². The van der Waals surface area contributed by atoms with Gasteiger partial charge in [0.25, 0.3) is 0 Å². The molecule has 1 unspecified atom stereocenters. The summed E-state index contributed by atoms with van der Waals surface area (Å²) in [6.45, 7) is 0. The minimum absolute atomic E-state index is 0.202. The highest BCUT2D eigenvalue weighted by molar-refractivity contribution is 7.07. The van der Waals surface area contributed by atoms with Crippen LogP contribution >= 0.6 is 11.3 Å². The van der Waals surface area contributed by atoms with Gasteiger partial charge < -0.3 is 5.11 Å². The smallest absolute Gasteiger partial charge is 0.0826 e. The fraction of sp³-hybridized carbons (Fsp3) is 0.636. The first-order valence-corrected chi connectivity index (χ1v) is 6.02. The van der Waals surface area contributed by atoms with Crippen LogP contribution in [0.3, 0.4) is 0 Å². The Morgan fingerprint density at radius 1 is 1.31 bits per heavy atom. The van der Waals surface area contributed by atoms with Crippen molar-refractivity contribution in [2.75, 3.05) is 0 Å². The zero-order valence-electron chi connectivity index (χ0n) is 7.78. The molecule has 0 spiro atoms. The van der Waals surface area contributed by atoms with Gasteiger partial charge in [-0.25, -0.2) is 0 Å². The van der Waals surface area contributed by atoms with Crippen LogP contribution in [-0.2, 0) is 0 Å². The van der Waals surface area contributed by atoms with Crippen molar-refractivity contribution in [3.05, 3.63) is 22.4 Å². The summed E-state index contributed by atoms with van der Waals surface area (Å²) in [5, 5.41) is 14.2. The molecular formula is C11H16OS. The van der Waals surface area contributed by atoms with E-state index in [0.29, 0.717) is 5.92 Å². The van der Waals surface area contributed by atoms with Crippen LogP contribution in [0.1, 0.15) is 43.8 Å². The molecule has 0 amide bonds. The van der Waals surface area contributed by atoms with Gasteiger partial charge >= 0.3 is 0 Å². The van der Waals surface area contributed by atoms with E-state index in [0.717, 1.165) is 5.56 Å². The van der Waals surface area contributed by atoms with E-state index in [1.165, 1.54) is 32.1 Å². The molecule has 2 rings (SSSR count). The third-order valence-corrected chi connectivity index (χ3v) is 3.68. The van der Waals surface area contributed by atoms with Gasteiger partial charge in [-0.15, -0.1) is 0 Å². The molecule has 0 saturated heterocycles. The molecule has 1 atom stereocenters. The van der Waals surface area contributed by atoms with Crippen molar-refractivity contribution in [3.63, 3.8) is 0 Å². The van der Waals surface area contributed by atoms with Crippen LogP contribution < -0.4 is 0 Å². The second kappa shape index (κ2) is 4.25. The van der Waals surface area contributed by atoms with Crippen molar-refractivity contribution in [2.45, 2.75) is 38.2 Å². The lowest BCUT2D eigenvalue weighted by molar-refractivity contribution is 0.0852. The van der Waals surface area contributed by atoms with Crippen molar-refractivity contribution in [1.29, 1.82) is 0 Å². The molecule has 1 nitrogen and oxygen atoms in total. The van der Waals surface area contributed by atoms with E-state index in [1.807, 2.05) is 11.4 Å². The number of aliphatic hydroxyl groups excluding tert-OH is 1. The van der Waals surface area contributed by atoms with Gasteiger partial charge in [0.05, 0.1) is 6.10 Å². The molecule has 1 aromatic heterocycles. The van der Waals surface area contributed by atoms with Gasteiger partial charge in [-0.1, -0.05) is 19.3 Å². The Hall–Kier alpha value is -0.340. The molecule has 1 aliphatic carbocycles. The summed E-state index contributed by atoms with van der Waals surface area (Å²) in [7, 11) is 0. The molecule has 1 fully saturated rings. The Morgan fingerprint density at radius 2 is 2.08 bits per heavy atom. The average Bonchev–Trinajstić information content (AvgIpc) is 2.71. The van der Waals surface area contributed by atoms with Crippen LogP contribution in [0, 0.1) is 5.92 Å². The molecule has 0 aromatic carbocycles. The number of hydrogen-bond donors (Lipinski definition) is 1. The summed E-state index contributed by atoms with van der Waals surface area (Å²) in [6, 6.07) is 2.05. The molecule has 1 aromatic rings. The van der Waals surface area contributed by atoms with Gasteiger partial charge in [0.2, 0.25) is 0 Å². The third-order valence-electron chi connectivity index (χ3n) is 2.98. The van der Waals surface area contributed by atoms with E-state index < -0.39 is 0 Å². The molecule has 1 N–H and O–H groups in total. The van der Waals surface area contributed by atoms with Gasteiger partial charge in [0.1, 0.15) is 0 Å². The Kier molecular flexibility index (Phi) is 3.01. The largest absolute Gasteiger partial charge is 0.388 e. The molecular weight excluding hydrogens is 180 g/mol. The second-order valence-electron chi connectivity index (χ2n) is 3.90. The molecule has 72 valence electrons. The lowest BCUT2D eigenvalue weighted by atomic mass is 9.83. The standard InChI is InChI=1S/C11H16OS/c12-11(10-6-7-13-8-10)9-4-2-1-3-5-9/h6-9,11-12H,1-5H2. The summed E-state index contributed by atoms with van der Waals surface area (Å²) >= 11 is 1.67. The van der Waals surface area contributed by atoms with E-state index in [4.69, 9.17) is 0 Å². The Labute approximate surface area is 83.4 Å². The van der Waals surface area contributed by atoms with Crippen molar-refractivity contribution in [3.8, 4) is 0 Å². The fourth-order valence-electron chi connectivity index (χ4n) is 2.17. The van der Waals surface area contributed by atoms with E-state index in [1.54, 1.807) is 11.3 Å². The summed E-state index contributed by atoms with van der Waals surface area (Å²) in [5.74, 6) is 0.517. The number of hydrogen-bond acceptors (Lipinski definition) is 2. The van der Waals surface area contributed by atoms with Crippen LogP contribution in [0.5, 0.6) is 0 Å². The summed E-state index contributed by atoms with van der Waals surface area (Å²) in [4.78, 5) is 0. The maximum absolute atomic E-state index is 10.0. The first-order chi connectivity index (χ1) is 6.38. The maximum atomic E-state index is 10.0. The third kappa shape index (κ3) is 2.12. The quantitative estimate of drug-likeness (QED) is 0.769. The Balaban J connectivity index is 1.99. The summed E-state index contributed by atoms with van der Waals surface area (Å²) < 4.78 is 0. The molecule has 1 aliphatic rings. The SMILES string of the molecule is OC(c1ccsc1)C1CCCCC1. The monoisotopic (exact) mass is 196 g/mol. The second-order valence-corrected chi connectivity index (χ2v) is 4.68. The number of thiophene rings is 1. The normalized spacial score (nSPS) is 21.6. The van der Waals surface area contributed by atoms with Crippen molar-refractivity contribution in [2.24, 2.45) is 5.92 Å². The summed E-state index contributed by atoms with van der Waals surface area (Å²) in [6.07, 6.45) is 6.16. The van der Waals surface area contributed by atoms with Gasteiger partial charge in [0.15, 0.2) is 0 Å². The van der Waals surface area contributed by atoms with Crippen LogP contribution in [0.15, 0.2) is 16.8 Å². The van der Waals surface area contributed by atoms with Crippen LogP contribution in [0.4, 0.5) is 0 Å². The van der Waals surface area contributed by atoms with E-state index in [9.17, 15) is 5.11 Å². The Bertz CT molecular complexity index is 237. The molecule has 2 heteroatoms. The molecule has 0 bridgehead atoms. The molecule has 13 heavy (non-hydrogen) atoms. The molecule has 1 heterocycles. The van der Waals surface area contributed by atoms with Gasteiger partial charge in [-0.3, -0.25) is 0 Å². The van der Waals surface area contributed by atoms with Crippen molar-refractivity contribution in [1.82, 2.24) is 0 Å². The minimum Gasteiger partial charge on any atom is -0.388 e.